The van der Waals surface area contributed by atoms with Gasteiger partial charge in [0.1, 0.15) is 0 Å². The summed E-state index contributed by atoms with van der Waals surface area (Å²) in [7, 11) is 3.39. The van der Waals surface area contributed by atoms with Gasteiger partial charge in [0.2, 0.25) is 0 Å². The molecule has 19 heavy (non-hydrogen) atoms. The van der Waals surface area contributed by atoms with E-state index in [0.29, 0.717) is 6.04 Å². The van der Waals surface area contributed by atoms with Crippen molar-refractivity contribution in [3.8, 4) is 11.5 Å². The molecule has 0 saturated carbocycles. The molecule has 0 aromatic heterocycles. The van der Waals surface area contributed by atoms with Crippen LogP contribution in [0.2, 0.25) is 0 Å². The Morgan fingerprint density at radius 1 is 1.05 bits per heavy atom. The van der Waals surface area contributed by atoms with E-state index in [0.717, 1.165) is 30.9 Å². The smallest absolute Gasteiger partial charge is 0.161 e. The summed E-state index contributed by atoms with van der Waals surface area (Å²) in [6.45, 7) is 7.88. The Balaban J connectivity index is 2.37. The highest BCUT2D eigenvalue weighted by Gasteiger charge is 2.27. The average molecular weight is 263 g/mol. The number of rotatable bonds is 2. The van der Waals surface area contributed by atoms with Gasteiger partial charge in [0.15, 0.2) is 11.5 Å². The Hall–Kier alpha value is -1.22. The molecule has 3 nitrogen and oxygen atoms in total. The van der Waals surface area contributed by atoms with Crippen molar-refractivity contribution in [1.29, 1.82) is 0 Å². The molecule has 1 unspecified atom stereocenters. The van der Waals surface area contributed by atoms with E-state index in [9.17, 15) is 0 Å². The van der Waals surface area contributed by atoms with Crippen molar-refractivity contribution >= 4 is 0 Å². The lowest BCUT2D eigenvalue weighted by Gasteiger charge is -2.30. The standard InChI is InChI=1S/C16H25NO2/c1-16(2,3)15-10-12-9-14(19-5)13(18-4)8-11(12)6-7-17-15/h8-9,15,17H,6-7,10H2,1-5H3. The van der Waals surface area contributed by atoms with Crippen LogP contribution in [-0.2, 0) is 12.8 Å². The van der Waals surface area contributed by atoms with Crippen LogP contribution in [0.3, 0.4) is 0 Å². The molecule has 0 amide bonds. The van der Waals surface area contributed by atoms with Gasteiger partial charge in [-0.25, -0.2) is 0 Å². The van der Waals surface area contributed by atoms with Gasteiger partial charge in [-0.3, -0.25) is 0 Å². The average Bonchev–Trinajstić information content (AvgIpc) is 2.57. The zero-order valence-electron chi connectivity index (χ0n) is 12.7. The van der Waals surface area contributed by atoms with Crippen LogP contribution in [0.15, 0.2) is 12.1 Å². The number of benzene rings is 1. The predicted octanol–water partition coefficient (Wildman–Crippen LogP) is 2.81. The SMILES string of the molecule is COc1cc2c(cc1OC)CC(C(C)(C)C)NCC2. The van der Waals surface area contributed by atoms with E-state index >= 15 is 0 Å². The summed E-state index contributed by atoms with van der Waals surface area (Å²) < 4.78 is 10.8. The third-order valence-electron chi connectivity index (χ3n) is 3.96. The maximum Gasteiger partial charge on any atom is 0.161 e. The van der Waals surface area contributed by atoms with Crippen LogP contribution in [0.4, 0.5) is 0 Å². The summed E-state index contributed by atoms with van der Waals surface area (Å²) in [5, 5.41) is 3.66. The van der Waals surface area contributed by atoms with Gasteiger partial charge in [0.05, 0.1) is 14.2 Å². The molecule has 1 aromatic carbocycles. The molecule has 1 aliphatic heterocycles. The first-order valence-corrected chi connectivity index (χ1v) is 6.93. The third-order valence-corrected chi connectivity index (χ3v) is 3.96. The number of hydrogen-bond acceptors (Lipinski definition) is 3. The second-order valence-electron chi connectivity index (χ2n) is 6.30. The fraction of sp³-hybridized carbons (Fsp3) is 0.625. The lowest BCUT2D eigenvalue weighted by Crippen LogP contribution is -2.41. The molecule has 1 atom stereocenters. The van der Waals surface area contributed by atoms with Crippen LogP contribution in [0.5, 0.6) is 11.5 Å². The fourth-order valence-electron chi connectivity index (χ4n) is 2.67. The maximum absolute atomic E-state index is 5.42. The Labute approximate surface area is 116 Å². The molecule has 0 saturated heterocycles. The van der Waals surface area contributed by atoms with Crippen LogP contribution in [-0.4, -0.2) is 26.8 Å². The summed E-state index contributed by atoms with van der Waals surface area (Å²) in [6, 6.07) is 4.76. The summed E-state index contributed by atoms with van der Waals surface area (Å²) >= 11 is 0. The highest BCUT2D eigenvalue weighted by Crippen LogP contribution is 2.34. The number of methoxy groups -OCH3 is 2. The van der Waals surface area contributed by atoms with Crippen molar-refractivity contribution in [3.63, 3.8) is 0 Å². The van der Waals surface area contributed by atoms with E-state index in [1.165, 1.54) is 11.1 Å². The van der Waals surface area contributed by atoms with Gasteiger partial charge in [0, 0.05) is 6.04 Å². The molecule has 1 aromatic rings. The van der Waals surface area contributed by atoms with Crippen molar-refractivity contribution in [2.75, 3.05) is 20.8 Å². The highest BCUT2D eigenvalue weighted by molar-refractivity contribution is 5.48. The van der Waals surface area contributed by atoms with Gasteiger partial charge in [-0.1, -0.05) is 20.8 Å². The second kappa shape index (κ2) is 5.41. The number of hydrogen-bond donors (Lipinski definition) is 1. The Kier molecular flexibility index (Phi) is 4.04. The number of fused-ring (bicyclic) bond motifs is 1. The molecule has 106 valence electrons. The lowest BCUT2D eigenvalue weighted by molar-refractivity contribution is 0.271. The fourth-order valence-corrected chi connectivity index (χ4v) is 2.67. The molecule has 0 spiro atoms. The summed E-state index contributed by atoms with van der Waals surface area (Å²) in [5.41, 5.74) is 3.01. The predicted molar refractivity (Wildman–Crippen MR) is 78.2 cm³/mol. The van der Waals surface area contributed by atoms with Gasteiger partial charge < -0.3 is 14.8 Å². The molecule has 1 heterocycles. The van der Waals surface area contributed by atoms with Crippen molar-refractivity contribution in [2.45, 2.75) is 39.7 Å². The van der Waals surface area contributed by atoms with Crippen molar-refractivity contribution in [3.05, 3.63) is 23.3 Å². The van der Waals surface area contributed by atoms with E-state index < -0.39 is 0 Å². The van der Waals surface area contributed by atoms with Crippen LogP contribution >= 0.6 is 0 Å². The first-order chi connectivity index (χ1) is 8.95. The van der Waals surface area contributed by atoms with Gasteiger partial charge in [-0.15, -0.1) is 0 Å². The molecular weight excluding hydrogens is 238 g/mol. The Morgan fingerprint density at radius 3 is 2.16 bits per heavy atom. The molecule has 0 fully saturated rings. The number of nitrogens with one attached hydrogen (secondary N) is 1. The summed E-state index contributed by atoms with van der Waals surface area (Å²) in [6.07, 6.45) is 2.08. The van der Waals surface area contributed by atoms with Gasteiger partial charge >= 0.3 is 0 Å². The highest BCUT2D eigenvalue weighted by atomic mass is 16.5. The molecule has 3 heteroatoms. The molecule has 0 radical (unpaired) electrons. The topological polar surface area (TPSA) is 30.5 Å². The van der Waals surface area contributed by atoms with Crippen LogP contribution in [0.25, 0.3) is 0 Å². The minimum absolute atomic E-state index is 0.259. The molecule has 0 aliphatic carbocycles. The zero-order chi connectivity index (χ0) is 14.0. The van der Waals surface area contributed by atoms with Crippen molar-refractivity contribution in [1.82, 2.24) is 5.32 Å². The monoisotopic (exact) mass is 263 g/mol. The normalized spacial score (nSPS) is 19.5. The molecular formula is C16H25NO2. The van der Waals surface area contributed by atoms with E-state index in [-0.39, 0.29) is 5.41 Å². The first-order valence-electron chi connectivity index (χ1n) is 6.93. The molecule has 1 N–H and O–H groups in total. The largest absolute Gasteiger partial charge is 0.493 e. The van der Waals surface area contributed by atoms with Gasteiger partial charge in [0.25, 0.3) is 0 Å². The molecule has 1 aliphatic rings. The third kappa shape index (κ3) is 3.03. The van der Waals surface area contributed by atoms with Crippen LogP contribution in [0.1, 0.15) is 31.9 Å². The van der Waals surface area contributed by atoms with E-state index in [1.807, 2.05) is 0 Å². The lowest BCUT2D eigenvalue weighted by atomic mass is 9.83. The number of ether oxygens (including phenoxy) is 2. The van der Waals surface area contributed by atoms with Gasteiger partial charge in [-0.2, -0.15) is 0 Å². The molecule has 2 rings (SSSR count). The van der Waals surface area contributed by atoms with Crippen LogP contribution < -0.4 is 14.8 Å². The van der Waals surface area contributed by atoms with E-state index in [2.05, 4.69) is 38.2 Å². The van der Waals surface area contributed by atoms with E-state index in [1.54, 1.807) is 14.2 Å². The van der Waals surface area contributed by atoms with E-state index in [4.69, 9.17) is 9.47 Å². The molecule has 0 bridgehead atoms. The van der Waals surface area contributed by atoms with Crippen molar-refractivity contribution in [2.24, 2.45) is 5.41 Å². The minimum Gasteiger partial charge on any atom is -0.493 e. The quantitative estimate of drug-likeness (QED) is 0.890. The maximum atomic E-state index is 5.42. The Bertz CT molecular complexity index is 449. The second-order valence-corrected chi connectivity index (χ2v) is 6.30. The van der Waals surface area contributed by atoms with Gasteiger partial charge in [-0.05, 0) is 48.1 Å². The Morgan fingerprint density at radius 2 is 1.63 bits per heavy atom. The summed E-state index contributed by atoms with van der Waals surface area (Å²) in [5.74, 6) is 1.66. The van der Waals surface area contributed by atoms with Crippen LogP contribution in [0, 0.1) is 5.41 Å². The minimum atomic E-state index is 0.259. The zero-order valence-corrected chi connectivity index (χ0v) is 12.7. The summed E-state index contributed by atoms with van der Waals surface area (Å²) in [4.78, 5) is 0. The van der Waals surface area contributed by atoms with Crippen molar-refractivity contribution < 1.29 is 9.47 Å². The first kappa shape index (κ1) is 14.2.